The van der Waals surface area contributed by atoms with Gasteiger partial charge in [-0.25, -0.2) is 0 Å². The van der Waals surface area contributed by atoms with Crippen LogP contribution in [0.15, 0.2) is 12.1 Å². The molecule has 1 aromatic heterocycles. The fourth-order valence-corrected chi connectivity index (χ4v) is 4.16. The number of hydrogen-bond acceptors (Lipinski definition) is 4. The van der Waals surface area contributed by atoms with Crippen molar-refractivity contribution in [3.05, 3.63) is 21.9 Å². The van der Waals surface area contributed by atoms with Crippen molar-refractivity contribution in [2.75, 3.05) is 32.7 Å². The molecule has 120 valence electrons. The van der Waals surface area contributed by atoms with Gasteiger partial charge in [0.15, 0.2) is 0 Å². The van der Waals surface area contributed by atoms with Gasteiger partial charge in [0.2, 0.25) is 0 Å². The van der Waals surface area contributed by atoms with Gasteiger partial charge in [-0.1, -0.05) is 20.8 Å². The number of nitrogens with two attached hydrogens (primary N) is 1. The van der Waals surface area contributed by atoms with E-state index in [0.29, 0.717) is 18.6 Å². The molecule has 0 saturated carbocycles. The van der Waals surface area contributed by atoms with E-state index < -0.39 is 0 Å². The molecule has 21 heavy (non-hydrogen) atoms. The van der Waals surface area contributed by atoms with E-state index in [1.807, 2.05) is 11.3 Å². The van der Waals surface area contributed by atoms with Gasteiger partial charge >= 0.3 is 0 Å². The maximum Gasteiger partial charge on any atom is 0.0565 e. The van der Waals surface area contributed by atoms with Crippen LogP contribution in [0, 0.1) is 0 Å². The third-order valence-corrected chi connectivity index (χ3v) is 6.05. The number of rotatable bonds is 4. The topological polar surface area (TPSA) is 32.5 Å². The van der Waals surface area contributed by atoms with Crippen LogP contribution in [0.4, 0.5) is 0 Å². The summed E-state index contributed by atoms with van der Waals surface area (Å²) >= 11 is 1.94. The van der Waals surface area contributed by atoms with Gasteiger partial charge in [0.25, 0.3) is 0 Å². The van der Waals surface area contributed by atoms with Crippen LogP contribution in [0.2, 0.25) is 0 Å². The quantitative estimate of drug-likeness (QED) is 0.928. The van der Waals surface area contributed by atoms with E-state index in [9.17, 15) is 0 Å². The van der Waals surface area contributed by atoms with Gasteiger partial charge in [-0.2, -0.15) is 0 Å². The zero-order valence-electron chi connectivity index (χ0n) is 14.2. The molecule has 1 unspecified atom stereocenters. The van der Waals surface area contributed by atoms with E-state index in [2.05, 4.69) is 56.6 Å². The largest absolute Gasteiger partial charge is 0.329 e. The van der Waals surface area contributed by atoms with Gasteiger partial charge in [-0.05, 0) is 31.4 Å². The molecule has 1 fully saturated rings. The summed E-state index contributed by atoms with van der Waals surface area (Å²) in [5.74, 6) is 0. The van der Waals surface area contributed by atoms with E-state index in [1.54, 1.807) is 0 Å². The second kappa shape index (κ2) is 6.78. The molecular weight excluding hydrogens is 278 g/mol. The third-order valence-electron chi connectivity index (χ3n) is 4.44. The van der Waals surface area contributed by atoms with Crippen LogP contribution in [-0.4, -0.2) is 48.6 Å². The minimum Gasteiger partial charge on any atom is -0.329 e. The summed E-state index contributed by atoms with van der Waals surface area (Å²) in [6, 6.07) is 5.61. The Morgan fingerprint density at radius 1 is 1.10 bits per heavy atom. The minimum absolute atomic E-state index is 0.235. The Morgan fingerprint density at radius 3 is 2.10 bits per heavy atom. The van der Waals surface area contributed by atoms with Crippen LogP contribution in [0.25, 0.3) is 0 Å². The molecule has 1 aromatic rings. The van der Waals surface area contributed by atoms with Gasteiger partial charge in [-0.3, -0.25) is 9.80 Å². The first-order valence-corrected chi connectivity index (χ1v) is 8.93. The summed E-state index contributed by atoms with van der Waals surface area (Å²) in [4.78, 5) is 8.01. The predicted molar refractivity (Wildman–Crippen MR) is 93.1 cm³/mol. The molecule has 1 atom stereocenters. The maximum absolute atomic E-state index is 6.10. The second-order valence-corrected chi connectivity index (χ2v) is 8.48. The molecule has 2 heterocycles. The van der Waals surface area contributed by atoms with E-state index in [-0.39, 0.29) is 5.41 Å². The second-order valence-electron chi connectivity index (χ2n) is 7.37. The van der Waals surface area contributed by atoms with Crippen molar-refractivity contribution < 1.29 is 0 Å². The number of nitrogens with zero attached hydrogens (tertiary/aromatic N) is 2. The standard InChI is InChI=1S/C17H31N3S/c1-13(2)19-8-10-20(11-9-19)14(12-18)15-6-7-16(21-15)17(3,4)5/h6-7,13-14H,8-12,18H2,1-5H3. The smallest absolute Gasteiger partial charge is 0.0565 e. The molecule has 3 nitrogen and oxygen atoms in total. The fourth-order valence-electron chi connectivity index (χ4n) is 2.95. The van der Waals surface area contributed by atoms with E-state index in [0.717, 1.165) is 26.2 Å². The maximum atomic E-state index is 6.10. The minimum atomic E-state index is 0.235. The lowest BCUT2D eigenvalue weighted by Gasteiger charge is -2.40. The van der Waals surface area contributed by atoms with Gasteiger partial charge in [-0.15, -0.1) is 11.3 Å². The fraction of sp³-hybridized carbons (Fsp3) is 0.765. The lowest BCUT2D eigenvalue weighted by atomic mass is 9.95. The Labute approximate surface area is 134 Å². The number of hydrogen-bond donors (Lipinski definition) is 1. The predicted octanol–water partition coefficient (Wildman–Crippen LogP) is 3.07. The summed E-state index contributed by atoms with van der Waals surface area (Å²) in [6.07, 6.45) is 0. The van der Waals surface area contributed by atoms with Crippen LogP contribution in [0.5, 0.6) is 0 Å². The molecule has 0 aromatic carbocycles. The molecule has 2 rings (SSSR count). The third kappa shape index (κ3) is 4.07. The van der Waals surface area contributed by atoms with Crippen molar-refractivity contribution in [1.29, 1.82) is 0 Å². The SMILES string of the molecule is CC(C)N1CCN(C(CN)c2ccc(C(C)(C)C)s2)CC1. The van der Waals surface area contributed by atoms with Crippen LogP contribution < -0.4 is 5.73 Å². The van der Waals surface area contributed by atoms with E-state index in [4.69, 9.17) is 5.73 Å². The lowest BCUT2D eigenvalue weighted by molar-refractivity contribution is 0.0813. The van der Waals surface area contributed by atoms with Crippen LogP contribution in [-0.2, 0) is 5.41 Å². The summed E-state index contributed by atoms with van der Waals surface area (Å²) in [6.45, 7) is 16.7. The Kier molecular flexibility index (Phi) is 5.47. The molecule has 4 heteroatoms. The molecule has 2 N–H and O–H groups in total. The molecule has 1 aliphatic heterocycles. The Morgan fingerprint density at radius 2 is 1.67 bits per heavy atom. The van der Waals surface area contributed by atoms with Crippen molar-refractivity contribution in [2.24, 2.45) is 5.73 Å². The van der Waals surface area contributed by atoms with E-state index in [1.165, 1.54) is 9.75 Å². The normalized spacial score (nSPS) is 20.1. The molecule has 1 saturated heterocycles. The average Bonchev–Trinajstić information content (AvgIpc) is 2.90. The van der Waals surface area contributed by atoms with Crippen molar-refractivity contribution in [2.45, 2.75) is 52.1 Å². The highest BCUT2D eigenvalue weighted by molar-refractivity contribution is 7.12. The molecule has 0 aliphatic carbocycles. The van der Waals surface area contributed by atoms with Crippen LogP contribution in [0.1, 0.15) is 50.4 Å². The highest BCUT2D eigenvalue weighted by Crippen LogP contribution is 2.34. The molecule has 1 aliphatic rings. The van der Waals surface area contributed by atoms with Crippen molar-refractivity contribution in [3.8, 4) is 0 Å². The monoisotopic (exact) mass is 309 g/mol. The highest BCUT2D eigenvalue weighted by Gasteiger charge is 2.27. The summed E-state index contributed by atoms with van der Waals surface area (Å²) < 4.78 is 0. The first-order chi connectivity index (χ1) is 9.82. The summed E-state index contributed by atoms with van der Waals surface area (Å²) in [7, 11) is 0. The molecular formula is C17H31N3S. The molecule has 0 radical (unpaired) electrons. The van der Waals surface area contributed by atoms with Crippen LogP contribution in [0.3, 0.4) is 0 Å². The lowest BCUT2D eigenvalue weighted by Crippen LogP contribution is -2.50. The summed E-state index contributed by atoms with van der Waals surface area (Å²) in [5.41, 5.74) is 6.33. The van der Waals surface area contributed by atoms with E-state index >= 15 is 0 Å². The van der Waals surface area contributed by atoms with Gasteiger partial charge < -0.3 is 5.73 Å². The zero-order chi connectivity index (χ0) is 15.6. The molecule has 0 bridgehead atoms. The average molecular weight is 310 g/mol. The number of thiophene rings is 1. The first kappa shape index (κ1) is 16.9. The first-order valence-electron chi connectivity index (χ1n) is 8.11. The Bertz CT molecular complexity index is 439. The zero-order valence-corrected chi connectivity index (χ0v) is 15.0. The Hall–Kier alpha value is -0.420. The number of piperazine rings is 1. The van der Waals surface area contributed by atoms with Gasteiger partial charge in [0.05, 0.1) is 6.04 Å². The molecule has 0 amide bonds. The van der Waals surface area contributed by atoms with Gasteiger partial charge in [0.1, 0.15) is 0 Å². The summed E-state index contributed by atoms with van der Waals surface area (Å²) in [5, 5.41) is 0. The van der Waals surface area contributed by atoms with Crippen molar-refractivity contribution in [1.82, 2.24) is 9.80 Å². The van der Waals surface area contributed by atoms with Crippen molar-refractivity contribution in [3.63, 3.8) is 0 Å². The van der Waals surface area contributed by atoms with Crippen LogP contribution >= 0.6 is 11.3 Å². The highest BCUT2D eigenvalue weighted by atomic mass is 32.1. The van der Waals surface area contributed by atoms with Gasteiger partial charge in [0, 0.05) is 48.5 Å². The van der Waals surface area contributed by atoms with Crippen molar-refractivity contribution >= 4 is 11.3 Å². The Balaban J connectivity index is 2.05. The molecule has 0 spiro atoms.